The third-order valence-electron chi connectivity index (χ3n) is 4.63. The minimum atomic E-state index is 0.304. The van der Waals surface area contributed by atoms with Crippen LogP contribution in [0, 0.1) is 0 Å². The largest absolute Gasteiger partial charge is 0.461 e. The van der Waals surface area contributed by atoms with E-state index in [1.54, 1.807) is 6.26 Å². The molecule has 0 bridgehead atoms. The van der Waals surface area contributed by atoms with Gasteiger partial charge in [-0.1, -0.05) is 12.1 Å². The van der Waals surface area contributed by atoms with Crippen molar-refractivity contribution in [2.24, 2.45) is 0 Å². The number of ether oxygens (including phenoxy) is 2. The van der Waals surface area contributed by atoms with Crippen molar-refractivity contribution in [3.05, 3.63) is 59.6 Å². The van der Waals surface area contributed by atoms with Gasteiger partial charge in [-0.2, -0.15) is 0 Å². The first kappa shape index (κ1) is 14.5. The predicted molar refractivity (Wildman–Crippen MR) is 90.1 cm³/mol. The molecule has 0 saturated carbocycles. The lowest BCUT2D eigenvalue weighted by molar-refractivity contribution is 0.171. The van der Waals surface area contributed by atoms with Gasteiger partial charge in [0.1, 0.15) is 0 Å². The molecule has 4 heterocycles. The first-order valence-electron chi connectivity index (χ1n) is 8.35. The Morgan fingerprint density at radius 2 is 2.12 bits per heavy atom. The molecule has 0 saturated heterocycles. The second-order valence-corrected chi connectivity index (χ2v) is 6.25. The Morgan fingerprint density at radius 1 is 1.12 bits per heavy atom. The molecule has 0 N–H and O–H groups in total. The summed E-state index contributed by atoms with van der Waals surface area (Å²) < 4.78 is 16.5. The number of furan rings is 1. The highest BCUT2D eigenvalue weighted by Crippen LogP contribution is 2.36. The smallest absolute Gasteiger partial charge is 0.231 e. The van der Waals surface area contributed by atoms with Crippen molar-refractivity contribution in [2.75, 3.05) is 13.3 Å². The highest BCUT2D eigenvalue weighted by molar-refractivity contribution is 5.48. The lowest BCUT2D eigenvalue weighted by Crippen LogP contribution is -2.31. The number of aromatic nitrogens is 2. The topological polar surface area (TPSA) is 60.6 Å². The van der Waals surface area contributed by atoms with E-state index in [-0.39, 0.29) is 0 Å². The Morgan fingerprint density at radius 3 is 3.04 bits per heavy atom. The minimum Gasteiger partial charge on any atom is -0.461 e. The Hall–Kier alpha value is -2.86. The van der Waals surface area contributed by atoms with Gasteiger partial charge in [-0.25, -0.2) is 9.97 Å². The van der Waals surface area contributed by atoms with E-state index in [4.69, 9.17) is 13.9 Å². The van der Waals surface area contributed by atoms with Crippen LogP contribution in [0.15, 0.2) is 47.2 Å². The van der Waals surface area contributed by atoms with Crippen LogP contribution in [0.2, 0.25) is 0 Å². The number of fused-ring (bicyclic) bond motifs is 2. The quantitative estimate of drug-likeness (QED) is 0.733. The van der Waals surface area contributed by atoms with Crippen molar-refractivity contribution in [3.63, 3.8) is 0 Å². The summed E-state index contributed by atoms with van der Waals surface area (Å²) in [7, 11) is 0. The maximum atomic E-state index is 5.61. The molecule has 3 aromatic rings. The van der Waals surface area contributed by atoms with Crippen molar-refractivity contribution in [3.8, 4) is 23.1 Å². The second-order valence-electron chi connectivity index (χ2n) is 6.25. The third-order valence-corrected chi connectivity index (χ3v) is 4.63. The zero-order valence-corrected chi connectivity index (χ0v) is 13.6. The maximum absolute atomic E-state index is 5.61. The van der Waals surface area contributed by atoms with Gasteiger partial charge in [0.15, 0.2) is 23.1 Å². The molecule has 2 aliphatic heterocycles. The first-order valence-corrected chi connectivity index (χ1v) is 8.35. The van der Waals surface area contributed by atoms with E-state index in [1.807, 2.05) is 30.5 Å². The van der Waals surface area contributed by atoms with Gasteiger partial charge in [0, 0.05) is 43.4 Å². The molecule has 0 unspecified atom stereocenters. The molecule has 0 amide bonds. The summed E-state index contributed by atoms with van der Waals surface area (Å²) in [5, 5.41) is 0. The van der Waals surface area contributed by atoms with Gasteiger partial charge >= 0.3 is 0 Å². The van der Waals surface area contributed by atoms with E-state index in [9.17, 15) is 0 Å². The van der Waals surface area contributed by atoms with Crippen molar-refractivity contribution in [1.82, 2.24) is 14.9 Å². The normalized spacial score (nSPS) is 16.0. The van der Waals surface area contributed by atoms with Crippen LogP contribution in [0.5, 0.6) is 11.5 Å². The lowest BCUT2D eigenvalue weighted by Gasteiger charge is -2.28. The van der Waals surface area contributed by atoms with Gasteiger partial charge in [0.25, 0.3) is 0 Å². The summed E-state index contributed by atoms with van der Waals surface area (Å²) in [4.78, 5) is 11.5. The Labute approximate surface area is 145 Å². The van der Waals surface area contributed by atoms with Crippen molar-refractivity contribution < 1.29 is 13.9 Å². The predicted octanol–water partition coefficient (Wildman–Crippen LogP) is 3.02. The van der Waals surface area contributed by atoms with E-state index < -0.39 is 0 Å². The van der Waals surface area contributed by atoms with E-state index in [1.165, 1.54) is 5.56 Å². The average molecular weight is 335 g/mol. The van der Waals surface area contributed by atoms with Crippen LogP contribution in [0.4, 0.5) is 0 Å². The molecule has 2 aliphatic rings. The number of benzene rings is 1. The molecule has 25 heavy (non-hydrogen) atoms. The molecular weight excluding hydrogens is 318 g/mol. The first-order chi connectivity index (χ1) is 12.4. The van der Waals surface area contributed by atoms with Crippen LogP contribution >= 0.6 is 0 Å². The van der Waals surface area contributed by atoms with Crippen molar-refractivity contribution in [1.29, 1.82) is 0 Å². The van der Waals surface area contributed by atoms with Crippen LogP contribution in [-0.2, 0) is 19.5 Å². The van der Waals surface area contributed by atoms with Crippen molar-refractivity contribution >= 4 is 0 Å². The second kappa shape index (κ2) is 5.89. The summed E-state index contributed by atoms with van der Waals surface area (Å²) in [6.07, 6.45) is 4.46. The molecule has 0 spiro atoms. The Balaban J connectivity index is 1.36. The lowest BCUT2D eigenvalue weighted by atomic mass is 10.1. The van der Waals surface area contributed by atoms with E-state index in [2.05, 4.69) is 20.9 Å². The van der Waals surface area contributed by atoms with Crippen LogP contribution in [0.3, 0.4) is 0 Å². The SMILES string of the molecule is c1coc(-c2ncc3c(n2)CCN(Cc2cccc4c2OCO4)C3)c1. The van der Waals surface area contributed by atoms with Crippen LogP contribution in [-0.4, -0.2) is 28.2 Å². The molecule has 0 atom stereocenters. The van der Waals surface area contributed by atoms with Gasteiger partial charge in [0.05, 0.1) is 12.0 Å². The summed E-state index contributed by atoms with van der Waals surface area (Å²) in [6, 6.07) is 9.79. The third kappa shape index (κ3) is 2.64. The summed E-state index contributed by atoms with van der Waals surface area (Å²) in [5.41, 5.74) is 3.44. The van der Waals surface area contributed by atoms with Crippen LogP contribution in [0.1, 0.15) is 16.8 Å². The fourth-order valence-electron chi connectivity index (χ4n) is 3.39. The fraction of sp³-hybridized carbons (Fsp3) is 0.263. The fourth-order valence-corrected chi connectivity index (χ4v) is 3.39. The van der Waals surface area contributed by atoms with E-state index in [0.29, 0.717) is 18.4 Å². The zero-order chi connectivity index (χ0) is 16.6. The number of para-hydroxylation sites is 1. The monoisotopic (exact) mass is 335 g/mol. The van der Waals surface area contributed by atoms with Crippen LogP contribution in [0.25, 0.3) is 11.6 Å². The number of nitrogens with zero attached hydrogens (tertiary/aromatic N) is 3. The number of rotatable bonds is 3. The van der Waals surface area contributed by atoms with Gasteiger partial charge in [0.2, 0.25) is 6.79 Å². The summed E-state index contributed by atoms with van der Waals surface area (Å²) in [6.45, 7) is 2.91. The highest BCUT2D eigenvalue weighted by atomic mass is 16.7. The molecule has 0 aliphatic carbocycles. The molecule has 0 radical (unpaired) electrons. The highest BCUT2D eigenvalue weighted by Gasteiger charge is 2.23. The van der Waals surface area contributed by atoms with Crippen LogP contribution < -0.4 is 9.47 Å². The summed E-state index contributed by atoms with van der Waals surface area (Å²) in [5.74, 6) is 3.07. The molecule has 6 heteroatoms. The van der Waals surface area contributed by atoms with Crippen molar-refractivity contribution in [2.45, 2.75) is 19.5 Å². The van der Waals surface area contributed by atoms with E-state index >= 15 is 0 Å². The van der Waals surface area contributed by atoms with Gasteiger partial charge in [-0.05, 0) is 18.2 Å². The van der Waals surface area contributed by atoms with Gasteiger partial charge in [-0.15, -0.1) is 0 Å². The number of hydrogen-bond acceptors (Lipinski definition) is 6. The average Bonchev–Trinajstić information content (AvgIpc) is 3.33. The Bertz CT molecular complexity index is 908. The van der Waals surface area contributed by atoms with Gasteiger partial charge < -0.3 is 13.9 Å². The molecule has 6 nitrogen and oxygen atoms in total. The molecule has 126 valence electrons. The minimum absolute atomic E-state index is 0.304. The maximum Gasteiger partial charge on any atom is 0.231 e. The molecule has 0 fully saturated rings. The van der Waals surface area contributed by atoms with E-state index in [0.717, 1.165) is 48.8 Å². The molecule has 2 aromatic heterocycles. The summed E-state index contributed by atoms with van der Waals surface area (Å²) >= 11 is 0. The zero-order valence-electron chi connectivity index (χ0n) is 13.6. The van der Waals surface area contributed by atoms with Gasteiger partial charge in [-0.3, -0.25) is 4.90 Å². The standard InChI is InChI=1S/C19H17N3O3/c1-3-13(18-16(4-1)24-12-25-18)10-22-7-6-15-14(11-22)9-20-19(21-15)17-5-2-8-23-17/h1-5,8-9H,6-7,10-12H2. The molecule has 1 aromatic carbocycles. The molecule has 5 rings (SSSR count). The number of hydrogen-bond donors (Lipinski definition) is 0. The Kier molecular flexibility index (Phi) is 3.41. The molecular formula is C19H17N3O3.